The molecule has 0 amide bonds. The molecule has 7 aromatic rings. The zero-order valence-electron chi connectivity index (χ0n) is 31.1. The van der Waals surface area contributed by atoms with Crippen LogP contribution in [0.4, 0.5) is 0 Å². The van der Waals surface area contributed by atoms with Gasteiger partial charge in [-0.2, -0.15) is 0 Å². The molecule has 1 fully saturated rings. The molecule has 5 heteroatoms. The summed E-state index contributed by atoms with van der Waals surface area (Å²) >= 11 is 0. The first-order chi connectivity index (χ1) is 24.8. The topological polar surface area (TPSA) is 51.8 Å². The number of furan rings is 1. The molecule has 0 unspecified atom stereocenters. The van der Waals surface area contributed by atoms with Crippen molar-refractivity contribution in [1.29, 1.82) is 0 Å². The van der Waals surface area contributed by atoms with Crippen molar-refractivity contribution in [3.05, 3.63) is 137 Å². The van der Waals surface area contributed by atoms with Gasteiger partial charge in [-0.1, -0.05) is 94.3 Å². The summed E-state index contributed by atoms with van der Waals surface area (Å²) in [5.41, 5.74) is 14.1. The van der Waals surface area contributed by atoms with Gasteiger partial charge in [-0.15, -0.1) is 54.1 Å². The molecule has 0 atom stereocenters. The van der Waals surface area contributed by atoms with Crippen LogP contribution in [0.1, 0.15) is 105 Å². The van der Waals surface area contributed by atoms with E-state index in [0.717, 1.165) is 44.6 Å². The SMILES string of the molecule is Cc1ccc(-c2[c-]cccc2)nc1.Cc1cnc(-c2[c-]ccc3c2oc2nc(-c4c(C(C)C)cccc4C(C)C)ccc23)cc1C1CCCCC1.[Ir]. The summed E-state index contributed by atoms with van der Waals surface area (Å²) in [6.45, 7) is 13.2. The van der Waals surface area contributed by atoms with Crippen molar-refractivity contribution in [1.82, 2.24) is 15.0 Å². The number of fused-ring (bicyclic) bond motifs is 3. The fraction of sp³-hybridized carbons (Fsp3) is 0.298. The van der Waals surface area contributed by atoms with E-state index in [9.17, 15) is 0 Å². The standard InChI is InChI=1S/C35H37N2O.C12H10N.Ir/c1-21(2)25-13-9-14-26(22(3)4)33(25)31-18-17-28-27-15-10-16-29(34(27)38-35(28)37-31)32-19-30(23(5)20-36-32)24-11-7-6-8-12-24;1-10-7-8-12(13-9-10)11-5-3-2-4-6-11;/h9-10,13-15,17-22,24H,6-8,11-12H2,1-5H3;2-5,7-9H,1H3;/q2*-1;. The van der Waals surface area contributed by atoms with Crippen molar-refractivity contribution >= 4 is 22.1 Å². The summed E-state index contributed by atoms with van der Waals surface area (Å²) in [5.74, 6) is 1.44. The fourth-order valence-electron chi connectivity index (χ4n) is 7.51. The molecule has 1 saturated carbocycles. The average Bonchev–Trinajstić information content (AvgIpc) is 3.54. The smallest absolute Gasteiger partial charge is 0.216 e. The minimum atomic E-state index is 0. The van der Waals surface area contributed by atoms with E-state index < -0.39 is 0 Å². The van der Waals surface area contributed by atoms with E-state index in [1.807, 2.05) is 55.7 Å². The number of pyridine rings is 3. The van der Waals surface area contributed by atoms with Gasteiger partial charge in [0.15, 0.2) is 0 Å². The maximum atomic E-state index is 6.53. The van der Waals surface area contributed by atoms with E-state index in [2.05, 4.69) is 100 Å². The number of aryl methyl sites for hydroxylation is 2. The Kier molecular flexibility index (Phi) is 11.8. The summed E-state index contributed by atoms with van der Waals surface area (Å²) in [5, 5.41) is 2.10. The van der Waals surface area contributed by atoms with Gasteiger partial charge in [0.25, 0.3) is 0 Å². The second-order valence-corrected chi connectivity index (χ2v) is 14.6. The predicted octanol–water partition coefficient (Wildman–Crippen LogP) is 13.0. The normalized spacial score (nSPS) is 13.3. The Morgan fingerprint density at radius 1 is 0.692 bits per heavy atom. The van der Waals surface area contributed by atoms with Gasteiger partial charge in [0.1, 0.15) is 0 Å². The Morgan fingerprint density at radius 3 is 2.10 bits per heavy atom. The quantitative estimate of drug-likeness (QED) is 0.156. The second kappa shape index (κ2) is 16.5. The molecule has 8 rings (SSSR count). The van der Waals surface area contributed by atoms with E-state index >= 15 is 0 Å². The van der Waals surface area contributed by atoms with Gasteiger partial charge in [0, 0.05) is 43.4 Å². The predicted molar refractivity (Wildman–Crippen MR) is 211 cm³/mol. The van der Waals surface area contributed by atoms with Crippen LogP contribution in [-0.2, 0) is 20.1 Å². The maximum Gasteiger partial charge on any atom is 0.216 e. The van der Waals surface area contributed by atoms with E-state index in [1.165, 1.54) is 65.5 Å². The van der Waals surface area contributed by atoms with Gasteiger partial charge >= 0.3 is 0 Å². The number of nitrogens with zero attached hydrogens (tertiary/aromatic N) is 3. The number of hydrogen-bond donors (Lipinski definition) is 0. The van der Waals surface area contributed by atoms with Crippen LogP contribution >= 0.6 is 0 Å². The number of hydrogen-bond acceptors (Lipinski definition) is 4. The molecule has 4 aromatic heterocycles. The molecule has 0 N–H and O–H groups in total. The molecule has 0 bridgehead atoms. The van der Waals surface area contributed by atoms with E-state index in [0.29, 0.717) is 23.5 Å². The van der Waals surface area contributed by atoms with Crippen LogP contribution in [0.2, 0.25) is 0 Å². The molecular formula is C47H47IrN3O-2. The van der Waals surface area contributed by atoms with Crippen LogP contribution in [0.15, 0.2) is 102 Å². The van der Waals surface area contributed by atoms with Gasteiger partial charge in [0.05, 0.1) is 11.3 Å². The summed E-state index contributed by atoms with van der Waals surface area (Å²) in [4.78, 5) is 14.3. The molecule has 1 radical (unpaired) electrons. The Labute approximate surface area is 322 Å². The second-order valence-electron chi connectivity index (χ2n) is 14.6. The minimum Gasteiger partial charge on any atom is -0.486 e. The molecule has 267 valence electrons. The van der Waals surface area contributed by atoms with Gasteiger partial charge in [-0.25, -0.2) is 4.98 Å². The van der Waals surface area contributed by atoms with E-state index in [1.54, 1.807) is 0 Å². The van der Waals surface area contributed by atoms with E-state index in [4.69, 9.17) is 14.4 Å². The van der Waals surface area contributed by atoms with Crippen LogP contribution in [0, 0.1) is 26.0 Å². The first kappa shape index (κ1) is 37.3. The van der Waals surface area contributed by atoms with Crippen LogP contribution in [-0.4, -0.2) is 15.0 Å². The van der Waals surface area contributed by atoms with E-state index in [-0.39, 0.29) is 20.1 Å². The van der Waals surface area contributed by atoms with Crippen LogP contribution in [0.25, 0.3) is 55.8 Å². The van der Waals surface area contributed by atoms with Gasteiger partial charge in [-0.05, 0) is 95.8 Å². The summed E-state index contributed by atoms with van der Waals surface area (Å²) in [6.07, 6.45) is 10.4. The third-order valence-corrected chi connectivity index (χ3v) is 10.3. The van der Waals surface area contributed by atoms with Gasteiger partial charge in [-0.3, -0.25) is 0 Å². The molecule has 1 aliphatic rings. The van der Waals surface area contributed by atoms with Crippen LogP contribution < -0.4 is 0 Å². The minimum absolute atomic E-state index is 0. The molecule has 52 heavy (non-hydrogen) atoms. The van der Waals surface area contributed by atoms with Crippen LogP contribution in [0.5, 0.6) is 0 Å². The number of rotatable bonds is 6. The molecule has 1 aliphatic carbocycles. The molecule has 0 aliphatic heterocycles. The zero-order chi connectivity index (χ0) is 35.5. The van der Waals surface area contributed by atoms with Crippen molar-refractivity contribution in [2.24, 2.45) is 0 Å². The zero-order valence-corrected chi connectivity index (χ0v) is 33.5. The van der Waals surface area contributed by atoms with Crippen molar-refractivity contribution in [3.8, 4) is 33.8 Å². The first-order valence-electron chi connectivity index (χ1n) is 18.5. The Morgan fingerprint density at radius 2 is 1.42 bits per heavy atom. The average molecular weight is 862 g/mol. The van der Waals surface area contributed by atoms with Crippen molar-refractivity contribution < 1.29 is 24.5 Å². The molecule has 0 saturated heterocycles. The fourth-order valence-corrected chi connectivity index (χ4v) is 7.51. The van der Waals surface area contributed by atoms with Crippen molar-refractivity contribution in [3.63, 3.8) is 0 Å². The Balaban J connectivity index is 0.000000279. The molecule has 4 heterocycles. The molecule has 0 spiro atoms. The number of aromatic nitrogens is 3. The largest absolute Gasteiger partial charge is 0.486 e. The Bertz CT molecular complexity index is 2240. The molecule has 4 nitrogen and oxygen atoms in total. The maximum absolute atomic E-state index is 6.53. The summed E-state index contributed by atoms with van der Waals surface area (Å²) in [7, 11) is 0. The van der Waals surface area contributed by atoms with Crippen LogP contribution in [0.3, 0.4) is 0 Å². The number of benzene rings is 3. The third kappa shape index (κ3) is 7.82. The first-order valence-corrected chi connectivity index (χ1v) is 18.5. The summed E-state index contributed by atoms with van der Waals surface area (Å²) in [6, 6.07) is 35.9. The molecular weight excluding hydrogens is 815 g/mol. The van der Waals surface area contributed by atoms with Gasteiger partial charge in [0.2, 0.25) is 5.71 Å². The third-order valence-electron chi connectivity index (χ3n) is 10.3. The summed E-state index contributed by atoms with van der Waals surface area (Å²) < 4.78 is 6.53. The molecule has 3 aromatic carbocycles. The van der Waals surface area contributed by atoms with Gasteiger partial charge < -0.3 is 14.4 Å². The monoisotopic (exact) mass is 862 g/mol. The van der Waals surface area contributed by atoms with Crippen molar-refractivity contribution in [2.45, 2.75) is 91.4 Å². The van der Waals surface area contributed by atoms with Crippen molar-refractivity contribution in [2.75, 3.05) is 0 Å². The Hall–Kier alpha value is -4.44.